The molecule has 4 aliphatic rings. The number of hydrogen-bond acceptors (Lipinski definition) is 11. The molecule has 0 aromatic heterocycles. The molecule has 0 heterocycles. The van der Waals surface area contributed by atoms with Gasteiger partial charge in [0.15, 0.2) is 0 Å². The zero-order valence-corrected chi connectivity index (χ0v) is 48.6. The fraction of sp³-hybridized carbons (Fsp3) is 0.530. The number of carbonyl (C=O) groups excluding carboxylic acids is 5. The van der Waals surface area contributed by atoms with Gasteiger partial charge in [-0.05, 0) is 134 Å². The standard InChI is InChI=1S/C66H86N6O10/c1-44(2)14-12-15-45(3)54-30-31-55-56-29-22-49-42-53(34-35-65(49,5)66(56,67)37-36-64(54,55)4)80-39-13-38-68-59(73)32-33-60(74)70-57(40-46-16-8-6-9-17-46)62(76)71-58(41-47-18-10-7-11-19-47)61(75)69-50-23-20-48(21-24-50)43-81-63(77)82-52-27-25-51(26-28-52)72(78)79/h6-11,16-28,44-45,53-58H,12-15,29-43,67H2,1-5H3,(H,68,73)(H,69,75)(H,70,74)(H,71,76)/t45-,53+,54-,55+,56+,57?,58+,64-,65+,66?/m1/s1. The molecule has 3 saturated carbocycles. The average molecular weight is 1120 g/mol. The van der Waals surface area contributed by atoms with E-state index in [1.807, 2.05) is 60.7 Å². The summed E-state index contributed by atoms with van der Waals surface area (Å²) in [7, 11) is 0. The quantitative estimate of drug-likeness (QED) is 0.00991. The SMILES string of the molecule is CC(C)CCC[C@@H](C)[C@H]1CC[C@H]2[C@@H]3CC=C4C[C@@H](OCCCNC(=O)CCC(=O)NC(Cc5ccccc5)C(=O)N[C@@H](Cc5ccccc5)C(=O)Nc5ccc(COC(=O)Oc6ccc([N+](=O)[O-])cc6)cc5)CC[C@]4(C)C3(N)CC[C@]12C. The highest BCUT2D eigenvalue weighted by Crippen LogP contribution is 2.68. The van der Waals surface area contributed by atoms with Crippen molar-refractivity contribution in [3.05, 3.63) is 148 Å². The van der Waals surface area contributed by atoms with Gasteiger partial charge in [-0.25, -0.2) is 4.79 Å². The van der Waals surface area contributed by atoms with Gasteiger partial charge in [0.2, 0.25) is 23.6 Å². The van der Waals surface area contributed by atoms with Crippen molar-refractivity contribution in [1.29, 1.82) is 0 Å². The third-order valence-electron chi connectivity index (χ3n) is 18.9. The molecule has 8 rings (SSSR count). The fourth-order valence-electron chi connectivity index (χ4n) is 14.2. The molecule has 16 nitrogen and oxygen atoms in total. The number of hydrogen-bond donors (Lipinski definition) is 5. The highest BCUT2D eigenvalue weighted by atomic mass is 16.7. The number of rotatable bonds is 26. The lowest BCUT2D eigenvalue weighted by atomic mass is 9.43. The first-order valence-electron chi connectivity index (χ1n) is 29.9. The third-order valence-corrected chi connectivity index (χ3v) is 18.9. The molecule has 0 radical (unpaired) electrons. The lowest BCUT2D eigenvalue weighted by Crippen LogP contribution is -2.67. The van der Waals surface area contributed by atoms with Crippen LogP contribution < -0.4 is 31.7 Å². The largest absolute Gasteiger partial charge is 0.514 e. The Labute approximate surface area is 484 Å². The lowest BCUT2D eigenvalue weighted by molar-refractivity contribution is -0.384. The van der Waals surface area contributed by atoms with E-state index < -0.39 is 40.9 Å². The van der Waals surface area contributed by atoms with E-state index in [0.29, 0.717) is 48.1 Å². The number of allylic oxidation sites excluding steroid dienone is 1. The van der Waals surface area contributed by atoms with Crippen molar-refractivity contribution in [2.75, 3.05) is 18.5 Å². The minimum Gasteiger partial charge on any atom is -0.429 e. The Kier molecular flexibility index (Phi) is 20.8. The Morgan fingerprint density at radius 1 is 0.720 bits per heavy atom. The van der Waals surface area contributed by atoms with Crippen LogP contribution in [0.15, 0.2) is 121 Å². The van der Waals surface area contributed by atoms with Gasteiger partial charge in [0.1, 0.15) is 24.4 Å². The van der Waals surface area contributed by atoms with E-state index in [1.165, 1.54) is 68.4 Å². The number of nitrogens with zero attached hydrogens (tertiary/aromatic N) is 1. The Morgan fingerprint density at radius 2 is 1.38 bits per heavy atom. The van der Waals surface area contributed by atoms with Gasteiger partial charge in [0.05, 0.1) is 11.0 Å². The molecule has 4 aromatic rings. The van der Waals surface area contributed by atoms with Crippen molar-refractivity contribution in [3.8, 4) is 5.75 Å². The van der Waals surface area contributed by atoms with Gasteiger partial charge in [-0.15, -0.1) is 0 Å². The normalized spacial score (nSPS) is 24.7. The topological polar surface area (TPSA) is 230 Å². The van der Waals surface area contributed by atoms with Crippen LogP contribution in [0.25, 0.3) is 0 Å². The number of anilines is 1. The maximum Gasteiger partial charge on any atom is 0.514 e. The van der Waals surface area contributed by atoms with Crippen molar-refractivity contribution in [1.82, 2.24) is 16.0 Å². The van der Waals surface area contributed by atoms with E-state index in [9.17, 15) is 34.1 Å². The first-order chi connectivity index (χ1) is 39.3. The van der Waals surface area contributed by atoms with E-state index in [1.54, 1.807) is 24.3 Å². The van der Waals surface area contributed by atoms with Crippen LogP contribution in [0.4, 0.5) is 16.2 Å². The van der Waals surface area contributed by atoms with Crippen molar-refractivity contribution in [3.63, 3.8) is 0 Å². The number of nitrogens with one attached hydrogen (secondary N) is 4. The van der Waals surface area contributed by atoms with Crippen LogP contribution in [0.5, 0.6) is 5.75 Å². The maximum atomic E-state index is 14.2. The molecule has 10 atom stereocenters. The van der Waals surface area contributed by atoms with Crippen LogP contribution in [0.1, 0.15) is 141 Å². The molecule has 4 aliphatic carbocycles. The lowest BCUT2D eigenvalue weighted by Gasteiger charge is -2.64. The first kappa shape index (κ1) is 61.2. The molecule has 440 valence electrons. The number of nitro groups is 1. The zero-order valence-electron chi connectivity index (χ0n) is 48.6. The number of amides is 4. The summed E-state index contributed by atoms with van der Waals surface area (Å²) in [6, 6.07) is 27.9. The van der Waals surface area contributed by atoms with Gasteiger partial charge >= 0.3 is 6.16 Å². The Hall–Kier alpha value is -6.91. The molecule has 3 fully saturated rings. The zero-order chi connectivity index (χ0) is 58.4. The third kappa shape index (κ3) is 15.4. The molecule has 0 spiro atoms. The highest BCUT2D eigenvalue weighted by Gasteiger charge is 2.64. The van der Waals surface area contributed by atoms with Crippen molar-refractivity contribution >= 4 is 41.2 Å². The molecule has 82 heavy (non-hydrogen) atoms. The van der Waals surface area contributed by atoms with Crippen molar-refractivity contribution < 1.29 is 43.1 Å². The van der Waals surface area contributed by atoms with Crippen LogP contribution >= 0.6 is 0 Å². The van der Waals surface area contributed by atoms with Gasteiger partial charge in [-0.3, -0.25) is 29.3 Å². The molecule has 0 bridgehead atoms. The smallest absolute Gasteiger partial charge is 0.429 e. The molecule has 4 aromatic carbocycles. The summed E-state index contributed by atoms with van der Waals surface area (Å²) in [4.78, 5) is 77.4. The summed E-state index contributed by atoms with van der Waals surface area (Å²) in [5.74, 6) is 1.78. The number of carbonyl (C=O) groups is 5. The van der Waals surface area contributed by atoms with Crippen LogP contribution in [0.2, 0.25) is 0 Å². The maximum absolute atomic E-state index is 14.2. The summed E-state index contributed by atoms with van der Waals surface area (Å²) in [6.45, 7) is 13.0. The summed E-state index contributed by atoms with van der Waals surface area (Å²) in [5.41, 5.74) is 11.8. The van der Waals surface area contributed by atoms with Crippen LogP contribution in [0.3, 0.4) is 0 Å². The Morgan fingerprint density at radius 3 is 2.04 bits per heavy atom. The summed E-state index contributed by atoms with van der Waals surface area (Å²) in [6.07, 6.45) is 15.3. The number of nitro benzene ring substituents is 1. The Bertz CT molecular complexity index is 2850. The molecular weight excluding hydrogens is 1040 g/mol. The van der Waals surface area contributed by atoms with Gasteiger partial charge in [-0.2, -0.15) is 0 Å². The molecular formula is C66H86N6O10. The van der Waals surface area contributed by atoms with E-state index in [4.69, 9.17) is 19.9 Å². The second kappa shape index (κ2) is 27.9. The number of benzene rings is 4. The van der Waals surface area contributed by atoms with Crippen molar-refractivity contribution in [2.45, 2.75) is 168 Å². The van der Waals surface area contributed by atoms with Gasteiger partial charge < -0.3 is 41.2 Å². The second-order valence-corrected chi connectivity index (χ2v) is 24.6. The van der Waals surface area contributed by atoms with E-state index in [2.05, 4.69) is 62.0 Å². The predicted molar refractivity (Wildman–Crippen MR) is 316 cm³/mol. The summed E-state index contributed by atoms with van der Waals surface area (Å²) in [5, 5.41) is 22.5. The van der Waals surface area contributed by atoms with E-state index in [0.717, 1.165) is 61.0 Å². The van der Waals surface area contributed by atoms with E-state index >= 15 is 0 Å². The average Bonchev–Trinajstić information content (AvgIpc) is 1.42. The van der Waals surface area contributed by atoms with Crippen LogP contribution in [-0.4, -0.2) is 71.6 Å². The number of fused-ring (bicyclic) bond motifs is 5. The minimum absolute atomic E-state index is 0.0212. The molecule has 4 amide bonds. The van der Waals surface area contributed by atoms with Crippen LogP contribution in [-0.2, 0) is 48.1 Å². The first-order valence-corrected chi connectivity index (χ1v) is 29.9. The summed E-state index contributed by atoms with van der Waals surface area (Å²) >= 11 is 0. The second-order valence-electron chi connectivity index (χ2n) is 24.6. The fourth-order valence-corrected chi connectivity index (χ4v) is 14.2. The monoisotopic (exact) mass is 1120 g/mol. The molecule has 6 N–H and O–H groups in total. The van der Waals surface area contributed by atoms with Gasteiger partial charge in [0.25, 0.3) is 5.69 Å². The summed E-state index contributed by atoms with van der Waals surface area (Å²) < 4.78 is 16.8. The number of non-ortho nitro benzene ring substituents is 1. The molecule has 2 unspecified atom stereocenters. The molecule has 0 aliphatic heterocycles. The van der Waals surface area contributed by atoms with Crippen LogP contribution in [0, 0.1) is 50.5 Å². The number of ether oxygens (including phenoxy) is 3. The molecule has 0 saturated heterocycles. The van der Waals surface area contributed by atoms with Gasteiger partial charge in [0, 0.05) is 67.6 Å². The Balaban J connectivity index is 0.783. The number of nitrogens with two attached hydrogens (primary N) is 1. The predicted octanol–water partition coefficient (Wildman–Crippen LogP) is 11.5. The highest BCUT2D eigenvalue weighted by molar-refractivity contribution is 5.99. The minimum atomic E-state index is -1.07. The molecule has 16 heteroatoms. The van der Waals surface area contributed by atoms with Crippen molar-refractivity contribution in [2.24, 2.45) is 46.2 Å². The van der Waals surface area contributed by atoms with Gasteiger partial charge in [-0.1, -0.05) is 138 Å². The van der Waals surface area contributed by atoms with E-state index in [-0.39, 0.29) is 66.7 Å².